The summed E-state index contributed by atoms with van der Waals surface area (Å²) in [5, 5.41) is 1.04. The Labute approximate surface area is 138 Å². The molecule has 2 aromatic carbocycles. The van der Waals surface area contributed by atoms with Gasteiger partial charge in [-0.25, -0.2) is 0 Å². The van der Waals surface area contributed by atoms with E-state index in [1.807, 2.05) is 12.1 Å². The minimum Gasteiger partial charge on any atom is -0.497 e. The van der Waals surface area contributed by atoms with Gasteiger partial charge in [-0.1, -0.05) is 29.3 Å². The molecule has 1 fully saturated rings. The maximum atomic E-state index is 12.2. The van der Waals surface area contributed by atoms with Crippen LogP contribution in [0, 0.1) is 0 Å². The number of nitrogens with two attached hydrogens (primary N) is 1. The highest BCUT2D eigenvalue weighted by atomic mass is 35.5. The molecule has 2 atom stereocenters. The summed E-state index contributed by atoms with van der Waals surface area (Å²) in [6, 6.07) is 11.5. The molecule has 0 aliphatic carbocycles. The van der Waals surface area contributed by atoms with Crippen LogP contribution in [0.1, 0.15) is 11.6 Å². The number of β-lactam (4-membered cyclic amide) rings is 1. The molecule has 1 aliphatic heterocycles. The third-order valence-electron chi connectivity index (χ3n) is 3.77. The second kappa shape index (κ2) is 5.80. The van der Waals surface area contributed by atoms with Crippen molar-refractivity contribution >= 4 is 34.8 Å². The van der Waals surface area contributed by atoms with Crippen molar-refractivity contribution in [2.75, 3.05) is 12.0 Å². The van der Waals surface area contributed by atoms with Crippen LogP contribution < -0.4 is 15.4 Å². The van der Waals surface area contributed by atoms with E-state index < -0.39 is 6.04 Å². The zero-order valence-electron chi connectivity index (χ0n) is 11.8. The van der Waals surface area contributed by atoms with E-state index in [0.717, 1.165) is 17.0 Å². The van der Waals surface area contributed by atoms with Crippen molar-refractivity contribution < 1.29 is 9.53 Å². The van der Waals surface area contributed by atoms with Crippen molar-refractivity contribution in [1.29, 1.82) is 0 Å². The molecule has 2 aromatic rings. The molecule has 6 heteroatoms. The summed E-state index contributed by atoms with van der Waals surface area (Å²) >= 11 is 12.2. The van der Waals surface area contributed by atoms with Crippen LogP contribution >= 0.6 is 23.2 Å². The van der Waals surface area contributed by atoms with Gasteiger partial charge in [0.05, 0.1) is 13.2 Å². The summed E-state index contributed by atoms with van der Waals surface area (Å²) < 4.78 is 5.13. The standard InChI is InChI=1S/C16H14Cl2N2O2/c1-22-11-5-3-10(4-6-11)20-15(14(19)16(20)21)12-7-2-9(17)8-13(12)18/h2-8,14-15H,19H2,1H3. The van der Waals surface area contributed by atoms with Gasteiger partial charge in [-0.15, -0.1) is 0 Å². The maximum absolute atomic E-state index is 12.2. The molecule has 0 aromatic heterocycles. The molecule has 2 N–H and O–H groups in total. The van der Waals surface area contributed by atoms with Gasteiger partial charge in [0, 0.05) is 15.7 Å². The fourth-order valence-corrected chi connectivity index (χ4v) is 3.14. The lowest BCUT2D eigenvalue weighted by Gasteiger charge is -2.46. The number of hydrogen-bond donors (Lipinski definition) is 1. The van der Waals surface area contributed by atoms with Crippen LogP contribution in [0.4, 0.5) is 5.69 Å². The van der Waals surface area contributed by atoms with Gasteiger partial charge in [-0.05, 0) is 42.0 Å². The number of halogens is 2. The van der Waals surface area contributed by atoms with Crippen molar-refractivity contribution in [2.45, 2.75) is 12.1 Å². The van der Waals surface area contributed by atoms with E-state index in [-0.39, 0.29) is 11.9 Å². The summed E-state index contributed by atoms with van der Waals surface area (Å²) in [5.74, 6) is 0.586. The lowest BCUT2D eigenvalue weighted by atomic mass is 9.88. The zero-order chi connectivity index (χ0) is 15.9. The molecular formula is C16H14Cl2N2O2. The minimum atomic E-state index is -0.610. The van der Waals surface area contributed by atoms with Gasteiger partial charge in [0.1, 0.15) is 11.8 Å². The number of carbonyl (C=O) groups is 1. The summed E-state index contributed by atoms with van der Waals surface area (Å²) in [6.45, 7) is 0. The summed E-state index contributed by atoms with van der Waals surface area (Å²) in [7, 11) is 1.59. The summed E-state index contributed by atoms with van der Waals surface area (Å²) in [6.07, 6.45) is 0. The van der Waals surface area contributed by atoms with E-state index in [9.17, 15) is 4.79 Å². The third kappa shape index (κ3) is 2.43. The first-order chi connectivity index (χ1) is 10.5. The van der Waals surface area contributed by atoms with E-state index in [2.05, 4.69) is 0 Å². The molecule has 3 rings (SSSR count). The van der Waals surface area contributed by atoms with E-state index in [1.165, 1.54) is 0 Å². The minimum absolute atomic E-state index is 0.138. The molecule has 0 radical (unpaired) electrons. The molecule has 114 valence electrons. The Morgan fingerprint density at radius 3 is 2.41 bits per heavy atom. The molecule has 1 heterocycles. The normalized spacial score (nSPS) is 20.7. The lowest BCUT2D eigenvalue weighted by molar-refractivity contribution is -0.126. The molecule has 0 bridgehead atoms. The smallest absolute Gasteiger partial charge is 0.247 e. The molecule has 0 saturated carbocycles. The highest BCUT2D eigenvalue weighted by Gasteiger charge is 2.47. The molecule has 2 unspecified atom stereocenters. The molecule has 1 saturated heterocycles. The third-order valence-corrected chi connectivity index (χ3v) is 4.34. The van der Waals surface area contributed by atoms with Crippen LogP contribution in [0.25, 0.3) is 0 Å². The molecular weight excluding hydrogens is 323 g/mol. The van der Waals surface area contributed by atoms with Crippen LogP contribution in [-0.4, -0.2) is 19.1 Å². The Kier molecular flexibility index (Phi) is 4.00. The summed E-state index contributed by atoms with van der Waals surface area (Å²) in [4.78, 5) is 13.8. The fraction of sp³-hybridized carbons (Fsp3) is 0.188. The average molecular weight is 337 g/mol. The van der Waals surface area contributed by atoms with Crippen LogP contribution in [0.2, 0.25) is 10.0 Å². The van der Waals surface area contributed by atoms with Crippen LogP contribution in [0.3, 0.4) is 0 Å². The molecule has 1 amide bonds. The second-order valence-corrected chi connectivity index (χ2v) is 5.89. The van der Waals surface area contributed by atoms with E-state index in [4.69, 9.17) is 33.7 Å². The second-order valence-electron chi connectivity index (χ2n) is 5.04. The van der Waals surface area contributed by atoms with Crippen molar-refractivity contribution in [3.8, 4) is 5.75 Å². The number of amides is 1. The van der Waals surface area contributed by atoms with Gasteiger partial charge in [0.25, 0.3) is 0 Å². The fourth-order valence-electron chi connectivity index (χ4n) is 2.62. The number of methoxy groups -OCH3 is 1. The van der Waals surface area contributed by atoms with Gasteiger partial charge in [-0.3, -0.25) is 4.79 Å². The Hall–Kier alpha value is -1.75. The monoisotopic (exact) mass is 336 g/mol. The molecule has 1 aliphatic rings. The van der Waals surface area contributed by atoms with E-state index >= 15 is 0 Å². The van der Waals surface area contributed by atoms with Crippen molar-refractivity contribution in [3.05, 3.63) is 58.1 Å². The number of benzene rings is 2. The number of rotatable bonds is 3. The van der Waals surface area contributed by atoms with E-state index in [1.54, 1.807) is 42.3 Å². The van der Waals surface area contributed by atoms with Crippen molar-refractivity contribution in [1.82, 2.24) is 0 Å². The van der Waals surface area contributed by atoms with Crippen molar-refractivity contribution in [3.63, 3.8) is 0 Å². The van der Waals surface area contributed by atoms with E-state index in [0.29, 0.717) is 10.0 Å². The molecule has 0 spiro atoms. The predicted molar refractivity (Wildman–Crippen MR) is 87.7 cm³/mol. The first-order valence-electron chi connectivity index (χ1n) is 6.70. The Balaban J connectivity index is 1.97. The largest absolute Gasteiger partial charge is 0.497 e. The van der Waals surface area contributed by atoms with Crippen molar-refractivity contribution in [2.24, 2.45) is 5.73 Å². The van der Waals surface area contributed by atoms with Gasteiger partial charge < -0.3 is 15.4 Å². The number of hydrogen-bond acceptors (Lipinski definition) is 3. The average Bonchev–Trinajstić information content (AvgIpc) is 2.53. The van der Waals surface area contributed by atoms with Crippen LogP contribution in [0.15, 0.2) is 42.5 Å². The van der Waals surface area contributed by atoms with Gasteiger partial charge in [-0.2, -0.15) is 0 Å². The number of nitrogens with zero attached hydrogens (tertiary/aromatic N) is 1. The quantitative estimate of drug-likeness (QED) is 0.873. The number of anilines is 1. The van der Waals surface area contributed by atoms with Gasteiger partial charge >= 0.3 is 0 Å². The first-order valence-corrected chi connectivity index (χ1v) is 7.46. The zero-order valence-corrected chi connectivity index (χ0v) is 13.3. The highest BCUT2D eigenvalue weighted by Crippen LogP contribution is 2.41. The Morgan fingerprint density at radius 2 is 1.82 bits per heavy atom. The van der Waals surface area contributed by atoms with Gasteiger partial charge in [0.2, 0.25) is 5.91 Å². The SMILES string of the molecule is COc1ccc(N2C(=O)C(N)C2c2ccc(Cl)cc2Cl)cc1. The first kappa shape index (κ1) is 15.2. The molecule has 4 nitrogen and oxygen atoms in total. The molecule has 22 heavy (non-hydrogen) atoms. The number of carbonyl (C=O) groups excluding carboxylic acids is 1. The van der Waals surface area contributed by atoms with Crippen LogP contribution in [-0.2, 0) is 4.79 Å². The number of ether oxygens (including phenoxy) is 1. The van der Waals surface area contributed by atoms with Gasteiger partial charge in [0.15, 0.2) is 0 Å². The Morgan fingerprint density at radius 1 is 1.14 bits per heavy atom. The maximum Gasteiger partial charge on any atom is 0.247 e. The highest BCUT2D eigenvalue weighted by molar-refractivity contribution is 6.35. The lowest BCUT2D eigenvalue weighted by Crippen LogP contribution is -2.63. The Bertz CT molecular complexity index is 719. The predicted octanol–water partition coefficient (Wildman–Crippen LogP) is 3.42. The van der Waals surface area contributed by atoms with Crippen LogP contribution in [0.5, 0.6) is 5.75 Å². The summed E-state index contributed by atoms with van der Waals surface area (Å²) in [5.41, 5.74) is 7.52. The topological polar surface area (TPSA) is 55.6 Å².